The third-order valence-electron chi connectivity index (χ3n) is 3.66. The number of likely N-dealkylation sites (N-methyl/N-ethyl adjacent to an activating group) is 1. The summed E-state index contributed by atoms with van der Waals surface area (Å²) in [5, 5.41) is 0. The first-order valence-corrected chi connectivity index (χ1v) is 6.59. The van der Waals surface area contributed by atoms with E-state index in [1.54, 1.807) is 12.4 Å². The standard InChI is InChI=1S/C13H19N5/c1-2-17(10-3-4-10)7-8-18-12-5-6-15-9-11(12)16-13(18)14/h5-6,9-10H,2-4,7-8H2,1H3,(H2,14,16). The zero-order chi connectivity index (χ0) is 12.5. The van der Waals surface area contributed by atoms with E-state index in [9.17, 15) is 0 Å². The largest absolute Gasteiger partial charge is 0.369 e. The number of rotatable bonds is 5. The minimum absolute atomic E-state index is 0.588. The number of imidazole rings is 1. The molecular formula is C13H19N5. The lowest BCUT2D eigenvalue weighted by Crippen LogP contribution is -2.29. The summed E-state index contributed by atoms with van der Waals surface area (Å²) in [5.41, 5.74) is 7.94. The Hall–Kier alpha value is -1.62. The van der Waals surface area contributed by atoms with E-state index in [4.69, 9.17) is 5.73 Å². The number of nitrogen functional groups attached to an aromatic ring is 1. The third kappa shape index (κ3) is 2.06. The number of fused-ring (bicyclic) bond motifs is 1. The molecule has 1 saturated carbocycles. The van der Waals surface area contributed by atoms with Crippen molar-refractivity contribution < 1.29 is 0 Å². The van der Waals surface area contributed by atoms with Gasteiger partial charge in [0.1, 0.15) is 5.52 Å². The normalized spacial score (nSPS) is 15.7. The Kier molecular flexibility index (Phi) is 2.91. The van der Waals surface area contributed by atoms with E-state index in [0.717, 1.165) is 36.7 Å². The Morgan fingerprint density at radius 2 is 2.33 bits per heavy atom. The van der Waals surface area contributed by atoms with Gasteiger partial charge in [0, 0.05) is 25.3 Å². The van der Waals surface area contributed by atoms with Crippen LogP contribution in [0.5, 0.6) is 0 Å². The monoisotopic (exact) mass is 245 g/mol. The number of hydrogen-bond acceptors (Lipinski definition) is 4. The SMILES string of the molecule is CCN(CCn1c(N)nc2cnccc21)C1CC1. The maximum Gasteiger partial charge on any atom is 0.201 e. The van der Waals surface area contributed by atoms with Crippen LogP contribution in [-0.2, 0) is 6.54 Å². The molecule has 1 aliphatic rings. The fraction of sp³-hybridized carbons (Fsp3) is 0.538. The van der Waals surface area contributed by atoms with Crippen LogP contribution in [0.15, 0.2) is 18.5 Å². The Labute approximate surface area is 107 Å². The molecule has 96 valence electrons. The number of hydrogen-bond donors (Lipinski definition) is 1. The zero-order valence-corrected chi connectivity index (χ0v) is 10.7. The van der Waals surface area contributed by atoms with E-state index in [-0.39, 0.29) is 0 Å². The number of aromatic nitrogens is 3. The predicted octanol–water partition coefficient (Wildman–Crippen LogP) is 1.50. The summed E-state index contributed by atoms with van der Waals surface area (Å²) in [6.45, 7) is 5.27. The molecule has 0 radical (unpaired) electrons. The first-order valence-electron chi connectivity index (χ1n) is 6.59. The van der Waals surface area contributed by atoms with E-state index < -0.39 is 0 Å². The van der Waals surface area contributed by atoms with E-state index >= 15 is 0 Å². The van der Waals surface area contributed by atoms with Crippen LogP contribution in [-0.4, -0.2) is 38.6 Å². The number of pyridine rings is 1. The van der Waals surface area contributed by atoms with Crippen molar-refractivity contribution in [3.8, 4) is 0 Å². The highest BCUT2D eigenvalue weighted by atomic mass is 15.2. The van der Waals surface area contributed by atoms with Gasteiger partial charge in [-0.1, -0.05) is 6.92 Å². The molecule has 0 saturated heterocycles. The van der Waals surface area contributed by atoms with Gasteiger partial charge in [-0.2, -0.15) is 0 Å². The van der Waals surface area contributed by atoms with Crippen LogP contribution in [0.25, 0.3) is 11.0 Å². The van der Waals surface area contributed by atoms with Crippen LogP contribution in [0.2, 0.25) is 0 Å². The van der Waals surface area contributed by atoms with Crippen molar-refractivity contribution in [3.63, 3.8) is 0 Å². The molecule has 18 heavy (non-hydrogen) atoms. The quantitative estimate of drug-likeness (QED) is 0.867. The molecule has 0 aliphatic heterocycles. The third-order valence-corrected chi connectivity index (χ3v) is 3.66. The van der Waals surface area contributed by atoms with Crippen molar-refractivity contribution in [1.29, 1.82) is 0 Å². The van der Waals surface area contributed by atoms with Crippen molar-refractivity contribution in [2.45, 2.75) is 32.4 Å². The van der Waals surface area contributed by atoms with Crippen molar-refractivity contribution in [1.82, 2.24) is 19.4 Å². The summed E-state index contributed by atoms with van der Waals surface area (Å²) in [4.78, 5) is 10.9. The molecule has 0 aromatic carbocycles. The van der Waals surface area contributed by atoms with Crippen LogP contribution < -0.4 is 5.73 Å². The van der Waals surface area contributed by atoms with E-state index in [1.807, 2.05) is 6.07 Å². The molecular weight excluding hydrogens is 226 g/mol. The molecule has 0 spiro atoms. The van der Waals surface area contributed by atoms with Gasteiger partial charge < -0.3 is 10.3 Å². The summed E-state index contributed by atoms with van der Waals surface area (Å²) in [5.74, 6) is 0.588. The van der Waals surface area contributed by atoms with Gasteiger partial charge in [0.15, 0.2) is 0 Å². The molecule has 3 rings (SSSR count). The summed E-state index contributed by atoms with van der Waals surface area (Å²) in [6, 6.07) is 2.78. The first kappa shape index (κ1) is 11.5. The molecule has 0 atom stereocenters. The average molecular weight is 245 g/mol. The average Bonchev–Trinajstić information content (AvgIpc) is 3.15. The molecule has 1 aliphatic carbocycles. The summed E-state index contributed by atoms with van der Waals surface area (Å²) in [7, 11) is 0. The second-order valence-corrected chi connectivity index (χ2v) is 4.85. The molecule has 1 fully saturated rings. The Morgan fingerprint density at radius 1 is 1.50 bits per heavy atom. The van der Waals surface area contributed by atoms with E-state index in [0.29, 0.717) is 5.95 Å². The number of nitrogens with zero attached hydrogens (tertiary/aromatic N) is 4. The molecule has 2 aromatic rings. The molecule has 0 amide bonds. The molecule has 0 unspecified atom stereocenters. The van der Waals surface area contributed by atoms with Gasteiger partial charge in [-0.3, -0.25) is 9.88 Å². The van der Waals surface area contributed by atoms with Gasteiger partial charge in [0.05, 0.1) is 11.7 Å². The molecule has 5 heteroatoms. The Bertz CT molecular complexity index is 543. The highest BCUT2D eigenvalue weighted by Gasteiger charge is 2.27. The molecule has 2 N–H and O–H groups in total. The minimum atomic E-state index is 0.588. The van der Waals surface area contributed by atoms with Gasteiger partial charge in [-0.05, 0) is 25.5 Å². The van der Waals surface area contributed by atoms with Gasteiger partial charge in [0.25, 0.3) is 0 Å². The first-order chi connectivity index (χ1) is 8.79. The topological polar surface area (TPSA) is 60.0 Å². The number of anilines is 1. The van der Waals surface area contributed by atoms with Crippen molar-refractivity contribution in [2.75, 3.05) is 18.8 Å². The van der Waals surface area contributed by atoms with Crippen molar-refractivity contribution >= 4 is 17.0 Å². The lowest BCUT2D eigenvalue weighted by Gasteiger charge is -2.20. The molecule has 2 heterocycles. The van der Waals surface area contributed by atoms with Gasteiger partial charge in [0.2, 0.25) is 5.95 Å². The fourth-order valence-corrected chi connectivity index (χ4v) is 2.50. The Morgan fingerprint density at radius 3 is 3.06 bits per heavy atom. The van der Waals surface area contributed by atoms with Crippen molar-refractivity contribution in [3.05, 3.63) is 18.5 Å². The van der Waals surface area contributed by atoms with Gasteiger partial charge >= 0.3 is 0 Å². The molecule has 2 aromatic heterocycles. The van der Waals surface area contributed by atoms with E-state index in [1.165, 1.54) is 12.8 Å². The molecule has 0 bridgehead atoms. The van der Waals surface area contributed by atoms with Crippen LogP contribution in [0.4, 0.5) is 5.95 Å². The van der Waals surface area contributed by atoms with Crippen LogP contribution in [0.1, 0.15) is 19.8 Å². The fourth-order valence-electron chi connectivity index (χ4n) is 2.50. The van der Waals surface area contributed by atoms with Crippen LogP contribution >= 0.6 is 0 Å². The summed E-state index contributed by atoms with van der Waals surface area (Å²) in [6.07, 6.45) is 6.24. The highest BCUT2D eigenvalue weighted by molar-refractivity contribution is 5.76. The summed E-state index contributed by atoms with van der Waals surface area (Å²) >= 11 is 0. The van der Waals surface area contributed by atoms with Gasteiger partial charge in [-0.25, -0.2) is 4.98 Å². The van der Waals surface area contributed by atoms with E-state index in [2.05, 4.69) is 26.4 Å². The second-order valence-electron chi connectivity index (χ2n) is 4.85. The van der Waals surface area contributed by atoms with Crippen LogP contribution in [0, 0.1) is 0 Å². The Balaban J connectivity index is 1.79. The highest BCUT2D eigenvalue weighted by Crippen LogP contribution is 2.26. The maximum absolute atomic E-state index is 5.98. The smallest absolute Gasteiger partial charge is 0.201 e. The second kappa shape index (κ2) is 4.57. The maximum atomic E-state index is 5.98. The summed E-state index contributed by atoms with van der Waals surface area (Å²) < 4.78 is 2.09. The zero-order valence-electron chi connectivity index (χ0n) is 10.7. The van der Waals surface area contributed by atoms with Gasteiger partial charge in [-0.15, -0.1) is 0 Å². The lowest BCUT2D eigenvalue weighted by atomic mass is 10.4. The molecule has 5 nitrogen and oxygen atoms in total. The van der Waals surface area contributed by atoms with Crippen molar-refractivity contribution in [2.24, 2.45) is 0 Å². The minimum Gasteiger partial charge on any atom is -0.369 e. The number of nitrogens with two attached hydrogens (primary N) is 1. The lowest BCUT2D eigenvalue weighted by molar-refractivity contribution is 0.268. The predicted molar refractivity (Wildman–Crippen MR) is 72.2 cm³/mol. The van der Waals surface area contributed by atoms with Crippen LogP contribution in [0.3, 0.4) is 0 Å².